The number of hydrogen-bond acceptors (Lipinski definition) is 5. The summed E-state index contributed by atoms with van der Waals surface area (Å²) in [5.41, 5.74) is 0. The highest BCUT2D eigenvalue weighted by Crippen LogP contribution is 2.13. The highest BCUT2D eigenvalue weighted by atomic mass is 127. The molecule has 0 atom stereocenters. The molecule has 0 aromatic heterocycles. The number of imide groups is 1. The summed E-state index contributed by atoms with van der Waals surface area (Å²) in [7, 11) is 0. The molecule has 8 heteroatoms. The van der Waals surface area contributed by atoms with Crippen LogP contribution in [0.4, 0.5) is 0 Å². The number of unbranched alkanes of at least 4 members (excludes halogenated alkanes) is 2. The van der Waals surface area contributed by atoms with Crippen LogP contribution >= 0.6 is 22.6 Å². The molecule has 20 heavy (non-hydrogen) atoms. The number of rotatable bonds is 8. The monoisotopic (exact) mass is 396 g/mol. The van der Waals surface area contributed by atoms with E-state index in [1.807, 2.05) is 22.6 Å². The second-order valence-electron chi connectivity index (χ2n) is 4.34. The molecule has 7 nitrogen and oxygen atoms in total. The molecule has 3 amide bonds. The van der Waals surface area contributed by atoms with Gasteiger partial charge in [-0.1, -0.05) is 29.0 Å². The Labute approximate surface area is 130 Å². The summed E-state index contributed by atoms with van der Waals surface area (Å²) in [5.74, 6) is -1.52. The Morgan fingerprint density at radius 2 is 1.80 bits per heavy atom. The van der Waals surface area contributed by atoms with E-state index in [0.29, 0.717) is 22.5 Å². The number of amides is 3. The Bertz CT molecular complexity index is 383. The Morgan fingerprint density at radius 3 is 2.40 bits per heavy atom. The number of hydroxylamine groups is 2. The summed E-state index contributed by atoms with van der Waals surface area (Å²) < 4.78 is 0.433. The zero-order valence-corrected chi connectivity index (χ0v) is 13.2. The number of carbonyl (C=O) groups is 4. The molecule has 0 aromatic carbocycles. The molecular formula is C12H17IN2O5. The molecule has 112 valence electrons. The van der Waals surface area contributed by atoms with Crippen LogP contribution in [0.3, 0.4) is 0 Å². The molecule has 0 spiro atoms. The van der Waals surface area contributed by atoms with Gasteiger partial charge in [-0.3, -0.25) is 14.4 Å². The first-order valence-corrected chi connectivity index (χ1v) is 7.96. The first-order chi connectivity index (χ1) is 9.54. The molecule has 1 fully saturated rings. The van der Waals surface area contributed by atoms with Gasteiger partial charge in [-0.05, 0) is 12.8 Å². The van der Waals surface area contributed by atoms with Gasteiger partial charge in [0.2, 0.25) is 5.91 Å². The standard InChI is InChI=1S/C12H17IN2O5/c13-8-9(16)14-7-3-1-2-4-12(19)20-15-10(17)5-6-11(15)18/h1-8H2,(H,14,16). The summed E-state index contributed by atoms with van der Waals surface area (Å²) in [6.07, 6.45) is 2.48. The van der Waals surface area contributed by atoms with Gasteiger partial charge < -0.3 is 10.2 Å². The van der Waals surface area contributed by atoms with Crippen LogP contribution in [0.5, 0.6) is 0 Å². The largest absolute Gasteiger partial charge is 0.355 e. The normalized spacial score (nSPS) is 14.6. The predicted octanol–water partition coefficient (Wildman–Crippen LogP) is 0.705. The smallest absolute Gasteiger partial charge is 0.333 e. The zero-order chi connectivity index (χ0) is 15.0. The quantitative estimate of drug-likeness (QED) is 0.282. The Balaban J connectivity index is 2.07. The van der Waals surface area contributed by atoms with E-state index in [-0.39, 0.29) is 25.2 Å². The van der Waals surface area contributed by atoms with Gasteiger partial charge in [-0.2, -0.15) is 0 Å². The van der Waals surface area contributed by atoms with Crippen molar-refractivity contribution in [2.75, 3.05) is 11.0 Å². The number of halogens is 1. The number of nitrogens with zero attached hydrogens (tertiary/aromatic N) is 1. The van der Waals surface area contributed by atoms with Crippen LogP contribution in [-0.4, -0.2) is 39.7 Å². The first kappa shape index (κ1) is 16.9. The maximum absolute atomic E-state index is 11.4. The summed E-state index contributed by atoms with van der Waals surface area (Å²) >= 11 is 1.98. The van der Waals surface area contributed by atoms with E-state index in [9.17, 15) is 19.2 Å². The van der Waals surface area contributed by atoms with Crippen molar-refractivity contribution in [3.63, 3.8) is 0 Å². The van der Waals surface area contributed by atoms with Crippen molar-refractivity contribution < 1.29 is 24.0 Å². The fraction of sp³-hybridized carbons (Fsp3) is 0.667. The minimum atomic E-state index is -0.579. The molecule has 1 saturated heterocycles. The van der Waals surface area contributed by atoms with Crippen molar-refractivity contribution >= 4 is 46.3 Å². The molecule has 0 aromatic rings. The fourth-order valence-electron chi connectivity index (χ4n) is 1.65. The van der Waals surface area contributed by atoms with Crippen molar-refractivity contribution in [3.05, 3.63) is 0 Å². The molecule has 0 saturated carbocycles. The molecule has 1 N–H and O–H groups in total. The van der Waals surface area contributed by atoms with Crippen LogP contribution in [0, 0.1) is 0 Å². The number of carbonyl (C=O) groups excluding carboxylic acids is 4. The number of alkyl halides is 1. The van der Waals surface area contributed by atoms with E-state index in [4.69, 9.17) is 4.84 Å². The number of nitrogens with one attached hydrogen (secondary N) is 1. The van der Waals surface area contributed by atoms with Crippen LogP contribution in [-0.2, 0) is 24.0 Å². The molecule has 1 aliphatic heterocycles. The minimum absolute atomic E-state index is 0.00364. The lowest BCUT2D eigenvalue weighted by atomic mass is 10.2. The molecule has 0 bridgehead atoms. The summed E-state index contributed by atoms with van der Waals surface area (Å²) in [4.78, 5) is 49.5. The molecule has 1 aliphatic rings. The maximum atomic E-state index is 11.4. The van der Waals surface area contributed by atoms with Gasteiger partial charge >= 0.3 is 5.97 Å². The third kappa shape index (κ3) is 5.85. The van der Waals surface area contributed by atoms with E-state index < -0.39 is 17.8 Å². The van der Waals surface area contributed by atoms with Crippen molar-refractivity contribution in [3.8, 4) is 0 Å². The highest BCUT2D eigenvalue weighted by molar-refractivity contribution is 14.1. The lowest BCUT2D eigenvalue weighted by Crippen LogP contribution is -2.32. The van der Waals surface area contributed by atoms with E-state index in [2.05, 4.69) is 5.32 Å². The molecule has 0 aliphatic carbocycles. The van der Waals surface area contributed by atoms with E-state index in [1.165, 1.54) is 0 Å². The highest BCUT2D eigenvalue weighted by Gasteiger charge is 2.32. The Morgan fingerprint density at radius 1 is 1.15 bits per heavy atom. The van der Waals surface area contributed by atoms with Gasteiger partial charge in [0.1, 0.15) is 0 Å². The van der Waals surface area contributed by atoms with Crippen molar-refractivity contribution in [2.45, 2.75) is 38.5 Å². The third-order valence-electron chi connectivity index (χ3n) is 2.70. The molecular weight excluding hydrogens is 379 g/mol. The third-order valence-corrected chi connectivity index (χ3v) is 3.39. The zero-order valence-electron chi connectivity index (χ0n) is 11.0. The van der Waals surface area contributed by atoms with Crippen molar-refractivity contribution in [1.82, 2.24) is 10.4 Å². The molecule has 0 radical (unpaired) electrons. The SMILES string of the molecule is O=C(CI)NCCCCCC(=O)ON1C(=O)CCC1=O. The van der Waals surface area contributed by atoms with Gasteiger partial charge in [0.25, 0.3) is 11.8 Å². The average Bonchev–Trinajstić information content (AvgIpc) is 2.74. The van der Waals surface area contributed by atoms with Gasteiger partial charge in [-0.15, -0.1) is 5.06 Å². The molecule has 1 rings (SSSR count). The summed E-state index contributed by atoms with van der Waals surface area (Å²) in [5, 5.41) is 3.29. The second kappa shape index (κ2) is 8.88. The fourth-order valence-corrected chi connectivity index (χ4v) is 1.92. The lowest BCUT2D eigenvalue weighted by molar-refractivity contribution is -0.197. The van der Waals surface area contributed by atoms with Crippen molar-refractivity contribution in [2.24, 2.45) is 0 Å². The molecule has 1 heterocycles. The Kier molecular flexibility index (Phi) is 7.48. The first-order valence-electron chi connectivity index (χ1n) is 6.44. The lowest BCUT2D eigenvalue weighted by Gasteiger charge is -2.12. The maximum Gasteiger partial charge on any atom is 0.333 e. The summed E-state index contributed by atoms with van der Waals surface area (Å²) in [6.45, 7) is 0.583. The van der Waals surface area contributed by atoms with Crippen molar-refractivity contribution in [1.29, 1.82) is 0 Å². The second-order valence-corrected chi connectivity index (χ2v) is 5.10. The van der Waals surface area contributed by atoms with E-state index >= 15 is 0 Å². The van der Waals surface area contributed by atoms with E-state index in [1.54, 1.807) is 0 Å². The van der Waals surface area contributed by atoms with Crippen LogP contribution in [0.25, 0.3) is 0 Å². The van der Waals surface area contributed by atoms with Crippen LogP contribution < -0.4 is 5.32 Å². The summed E-state index contributed by atoms with van der Waals surface area (Å²) in [6, 6.07) is 0. The van der Waals surface area contributed by atoms with Gasteiger partial charge in [0.15, 0.2) is 0 Å². The average molecular weight is 396 g/mol. The van der Waals surface area contributed by atoms with E-state index in [0.717, 1.165) is 12.8 Å². The van der Waals surface area contributed by atoms with Gasteiger partial charge in [0.05, 0.1) is 4.43 Å². The predicted molar refractivity (Wildman–Crippen MR) is 77.5 cm³/mol. The number of hydrogen-bond donors (Lipinski definition) is 1. The van der Waals surface area contributed by atoms with Crippen LogP contribution in [0.2, 0.25) is 0 Å². The molecule has 0 unspecified atom stereocenters. The van der Waals surface area contributed by atoms with Gasteiger partial charge in [0, 0.05) is 25.8 Å². The van der Waals surface area contributed by atoms with Gasteiger partial charge in [-0.25, -0.2) is 4.79 Å². The topological polar surface area (TPSA) is 92.8 Å². The Hall–Kier alpha value is -1.19. The minimum Gasteiger partial charge on any atom is -0.355 e. The van der Waals surface area contributed by atoms with Crippen LogP contribution in [0.1, 0.15) is 38.5 Å². The van der Waals surface area contributed by atoms with Crippen LogP contribution in [0.15, 0.2) is 0 Å².